The maximum Gasteiger partial charge on any atom is 0.350 e. The van der Waals surface area contributed by atoms with Crippen molar-refractivity contribution in [2.45, 2.75) is 33.4 Å². The van der Waals surface area contributed by atoms with Gasteiger partial charge in [-0.05, 0) is 73.9 Å². The van der Waals surface area contributed by atoms with Crippen molar-refractivity contribution < 1.29 is 33.9 Å². The molecule has 3 aromatic carbocycles. The van der Waals surface area contributed by atoms with Crippen LogP contribution < -0.4 is 9.64 Å². The van der Waals surface area contributed by atoms with Crippen LogP contribution in [0.15, 0.2) is 78.4 Å². The average Bonchev–Trinajstić information content (AvgIpc) is 3.53. The summed E-state index contributed by atoms with van der Waals surface area (Å²) in [6.45, 7) is 5.69. The summed E-state index contributed by atoms with van der Waals surface area (Å²) in [4.78, 5) is 55.8. The van der Waals surface area contributed by atoms with Gasteiger partial charge >= 0.3 is 11.9 Å². The van der Waals surface area contributed by atoms with Crippen LogP contribution in [0.4, 0.5) is 10.8 Å². The molecule has 5 rings (SSSR count). The Kier molecular flexibility index (Phi) is 8.54. The number of hydrogen-bond donors (Lipinski definition) is 1. The predicted molar refractivity (Wildman–Crippen MR) is 163 cm³/mol. The highest BCUT2D eigenvalue weighted by Gasteiger charge is 2.48. The predicted octanol–water partition coefficient (Wildman–Crippen LogP) is 6.05. The van der Waals surface area contributed by atoms with Gasteiger partial charge in [0, 0.05) is 17.7 Å². The topological polar surface area (TPSA) is 149 Å². The number of carbonyl (C=O) groups is 3. The van der Waals surface area contributed by atoms with Crippen molar-refractivity contribution in [3.63, 3.8) is 0 Å². The van der Waals surface area contributed by atoms with E-state index in [0.717, 1.165) is 27.4 Å². The van der Waals surface area contributed by atoms with Crippen LogP contribution in [0.2, 0.25) is 0 Å². The van der Waals surface area contributed by atoms with E-state index >= 15 is 0 Å². The van der Waals surface area contributed by atoms with Gasteiger partial charge in [0.1, 0.15) is 23.0 Å². The van der Waals surface area contributed by atoms with E-state index in [1.165, 1.54) is 24.3 Å². The molecule has 0 spiro atoms. The molecule has 44 heavy (non-hydrogen) atoms. The normalized spacial score (nSPS) is 15.8. The van der Waals surface area contributed by atoms with Crippen molar-refractivity contribution in [1.82, 2.24) is 4.98 Å². The second-order valence-corrected chi connectivity index (χ2v) is 10.9. The molecular formula is C32H27N3O8S. The third-order valence-electron chi connectivity index (χ3n) is 7.10. The fourth-order valence-electron chi connectivity index (χ4n) is 4.79. The minimum Gasteiger partial charge on any atom is -0.507 e. The number of aliphatic hydroxyl groups is 1. The molecule has 0 aliphatic carbocycles. The van der Waals surface area contributed by atoms with Gasteiger partial charge in [0.05, 0.1) is 28.8 Å². The van der Waals surface area contributed by atoms with E-state index in [4.69, 9.17) is 9.47 Å². The Bertz CT molecular complexity index is 1790. The van der Waals surface area contributed by atoms with Crippen LogP contribution in [-0.4, -0.2) is 39.3 Å². The quantitative estimate of drug-likeness (QED) is 0.0594. The number of Topliss-reactive ketones (excluding diaryl/α,β-unsaturated/α-hetero) is 1. The van der Waals surface area contributed by atoms with Crippen molar-refractivity contribution in [2.75, 3.05) is 11.5 Å². The van der Waals surface area contributed by atoms with Gasteiger partial charge in [0.25, 0.3) is 11.5 Å². The number of ether oxygens (including phenoxy) is 2. The summed E-state index contributed by atoms with van der Waals surface area (Å²) >= 11 is 0.871. The van der Waals surface area contributed by atoms with Crippen LogP contribution in [0.25, 0.3) is 5.76 Å². The first-order valence-electron chi connectivity index (χ1n) is 13.6. The second-order valence-electron chi connectivity index (χ2n) is 9.89. The third-order valence-corrected chi connectivity index (χ3v) is 8.24. The van der Waals surface area contributed by atoms with Crippen molar-refractivity contribution in [2.24, 2.45) is 0 Å². The molecule has 0 radical (unpaired) electrons. The Balaban J connectivity index is 1.54. The van der Waals surface area contributed by atoms with E-state index in [9.17, 15) is 29.6 Å². The summed E-state index contributed by atoms with van der Waals surface area (Å²) in [5.74, 6) is -2.49. The molecule has 1 aliphatic rings. The highest BCUT2D eigenvalue weighted by Crippen LogP contribution is 2.44. The number of nitro benzene ring substituents is 1. The number of carbonyl (C=O) groups excluding carboxylic acids is 3. The van der Waals surface area contributed by atoms with E-state index in [1.54, 1.807) is 38.1 Å². The SMILES string of the molecule is CCOC(=O)c1sc(N2C(=O)C(=O)/C(=C(/O)c3ccc(OCc4ccccc4C)cc3)C2c2ccc([N+](=O)[O-])cc2)nc1C. The first kappa shape index (κ1) is 30.1. The van der Waals surface area contributed by atoms with E-state index in [2.05, 4.69) is 4.98 Å². The minimum atomic E-state index is -1.19. The molecule has 1 N–H and O–H groups in total. The zero-order valence-electron chi connectivity index (χ0n) is 24.0. The molecular weight excluding hydrogens is 586 g/mol. The summed E-state index contributed by atoms with van der Waals surface area (Å²) in [7, 11) is 0. The van der Waals surface area contributed by atoms with Crippen molar-refractivity contribution in [3.8, 4) is 5.75 Å². The van der Waals surface area contributed by atoms with E-state index < -0.39 is 34.4 Å². The van der Waals surface area contributed by atoms with Gasteiger partial charge in [-0.2, -0.15) is 0 Å². The molecule has 1 aliphatic heterocycles. The van der Waals surface area contributed by atoms with Crippen LogP contribution in [-0.2, 0) is 20.9 Å². The van der Waals surface area contributed by atoms with Gasteiger partial charge in [-0.3, -0.25) is 24.6 Å². The molecule has 4 aromatic rings. The highest BCUT2D eigenvalue weighted by atomic mass is 32.1. The Morgan fingerprint density at radius 2 is 1.73 bits per heavy atom. The lowest BCUT2D eigenvalue weighted by Crippen LogP contribution is -2.29. The van der Waals surface area contributed by atoms with Gasteiger partial charge in [-0.1, -0.05) is 35.6 Å². The number of nitrogens with zero attached hydrogens (tertiary/aromatic N) is 3. The molecule has 224 valence electrons. The van der Waals surface area contributed by atoms with E-state index in [0.29, 0.717) is 23.6 Å². The average molecular weight is 614 g/mol. The number of thiazole rings is 1. The number of esters is 1. The first-order valence-corrected chi connectivity index (χ1v) is 14.4. The van der Waals surface area contributed by atoms with Gasteiger partial charge in [0.15, 0.2) is 5.13 Å². The standard InChI is InChI=1S/C32H27N3O8S/c1-4-42-31(39)29-19(3)33-32(44-29)34-26(20-9-13-23(14-10-20)35(40)41)25(28(37)30(34)38)27(36)21-11-15-24(16-12-21)43-17-22-8-6-5-7-18(22)2/h5-16,26,36H,4,17H2,1-3H3/b27-25+. The molecule has 2 heterocycles. The van der Waals surface area contributed by atoms with Gasteiger partial charge in [-0.15, -0.1) is 0 Å². The van der Waals surface area contributed by atoms with Crippen LogP contribution in [0.5, 0.6) is 5.75 Å². The number of hydrogen-bond acceptors (Lipinski definition) is 10. The zero-order valence-corrected chi connectivity index (χ0v) is 24.8. The monoisotopic (exact) mass is 613 g/mol. The fraction of sp³-hybridized carbons (Fsp3) is 0.188. The molecule has 1 saturated heterocycles. The van der Waals surface area contributed by atoms with Gasteiger partial charge in [-0.25, -0.2) is 9.78 Å². The minimum absolute atomic E-state index is 0.0370. The molecule has 1 fully saturated rings. The summed E-state index contributed by atoms with van der Waals surface area (Å²) in [6.07, 6.45) is 0. The molecule has 1 atom stereocenters. The maximum absolute atomic E-state index is 13.5. The zero-order chi connectivity index (χ0) is 31.5. The van der Waals surface area contributed by atoms with Crippen LogP contribution in [0.1, 0.15) is 50.6 Å². The fourth-order valence-corrected chi connectivity index (χ4v) is 5.78. The van der Waals surface area contributed by atoms with E-state index in [-0.39, 0.29) is 33.4 Å². The van der Waals surface area contributed by atoms with Crippen LogP contribution in [0, 0.1) is 24.0 Å². The van der Waals surface area contributed by atoms with Crippen LogP contribution in [0.3, 0.4) is 0 Å². The number of amides is 1. The number of aliphatic hydroxyl groups excluding tert-OH is 1. The molecule has 1 aromatic heterocycles. The number of aromatic nitrogens is 1. The maximum atomic E-state index is 13.5. The molecule has 0 bridgehead atoms. The van der Waals surface area contributed by atoms with Gasteiger partial charge in [0.2, 0.25) is 0 Å². The highest BCUT2D eigenvalue weighted by molar-refractivity contribution is 7.17. The number of benzene rings is 3. The van der Waals surface area contributed by atoms with Crippen LogP contribution >= 0.6 is 11.3 Å². The molecule has 11 nitrogen and oxygen atoms in total. The Morgan fingerprint density at radius 3 is 2.36 bits per heavy atom. The summed E-state index contributed by atoms with van der Waals surface area (Å²) in [6, 6.07) is 18.3. The lowest BCUT2D eigenvalue weighted by atomic mass is 9.95. The molecule has 12 heteroatoms. The Labute approximate surface area is 256 Å². The van der Waals surface area contributed by atoms with Crippen molar-refractivity contribution in [3.05, 3.63) is 121 Å². The van der Waals surface area contributed by atoms with Gasteiger partial charge < -0.3 is 14.6 Å². The first-order chi connectivity index (χ1) is 21.1. The molecule has 1 unspecified atom stereocenters. The van der Waals surface area contributed by atoms with E-state index in [1.807, 2.05) is 31.2 Å². The number of nitro groups is 1. The number of anilines is 1. The number of ketones is 1. The number of aryl methyl sites for hydroxylation is 2. The molecule has 1 amide bonds. The summed E-state index contributed by atoms with van der Waals surface area (Å²) in [5.41, 5.74) is 2.55. The van der Waals surface area contributed by atoms with Crippen molar-refractivity contribution in [1.29, 1.82) is 0 Å². The number of rotatable bonds is 9. The Hall–Kier alpha value is -5.36. The lowest BCUT2D eigenvalue weighted by molar-refractivity contribution is -0.384. The largest absolute Gasteiger partial charge is 0.507 e. The van der Waals surface area contributed by atoms with Crippen molar-refractivity contribution >= 4 is 45.6 Å². The smallest absolute Gasteiger partial charge is 0.350 e. The number of non-ortho nitro benzene ring substituents is 1. The third kappa shape index (κ3) is 5.79. The summed E-state index contributed by atoms with van der Waals surface area (Å²) < 4.78 is 11.0. The lowest BCUT2D eigenvalue weighted by Gasteiger charge is -2.23. The second kappa shape index (κ2) is 12.5. The summed E-state index contributed by atoms with van der Waals surface area (Å²) in [5, 5.41) is 22.8. The Morgan fingerprint density at radius 1 is 1.05 bits per heavy atom. The molecule has 0 saturated carbocycles.